The molecule has 0 saturated heterocycles. The second-order valence-electron chi connectivity index (χ2n) is 3.00. The van der Waals surface area contributed by atoms with E-state index in [0.717, 1.165) is 5.52 Å². The molecule has 2 rings (SSSR count). The minimum Gasteiger partial charge on any atom is -0.441 e. The molecular weight excluding hydrogens is 198 g/mol. The molecule has 0 aliphatic carbocycles. The Morgan fingerprint density at radius 2 is 2.36 bits per heavy atom. The van der Waals surface area contributed by atoms with Crippen LogP contribution < -0.4 is 0 Å². The third-order valence-electron chi connectivity index (χ3n) is 1.96. The lowest BCUT2D eigenvalue weighted by Gasteiger charge is -1.95. The predicted molar refractivity (Wildman–Crippen MR) is 56.9 cm³/mol. The molecule has 0 aliphatic heterocycles. The lowest BCUT2D eigenvalue weighted by molar-refractivity contribution is 0.102. The molecule has 3 nitrogen and oxygen atoms in total. The van der Waals surface area contributed by atoms with Crippen molar-refractivity contribution in [1.29, 1.82) is 0 Å². The second-order valence-corrected chi connectivity index (χ2v) is 3.31. The summed E-state index contributed by atoms with van der Waals surface area (Å²) in [5.41, 5.74) is 2.04. The van der Waals surface area contributed by atoms with Crippen LogP contribution in [-0.2, 0) is 0 Å². The number of nitrogens with zero attached hydrogens (tertiary/aromatic N) is 1. The van der Waals surface area contributed by atoms with Crippen LogP contribution in [0, 0.1) is 6.92 Å². The predicted octanol–water partition coefficient (Wildman–Crippen LogP) is 2.25. The summed E-state index contributed by atoms with van der Waals surface area (Å²) in [7, 11) is 0. The molecule has 72 valence electrons. The number of thiol groups is 1. The summed E-state index contributed by atoms with van der Waals surface area (Å²) in [6.07, 6.45) is 0. The van der Waals surface area contributed by atoms with Gasteiger partial charge in [-0.3, -0.25) is 4.79 Å². The maximum atomic E-state index is 11.3. The third kappa shape index (κ3) is 1.53. The molecule has 0 bridgehead atoms. The summed E-state index contributed by atoms with van der Waals surface area (Å²) in [6, 6.07) is 5.22. The van der Waals surface area contributed by atoms with E-state index in [4.69, 9.17) is 4.42 Å². The Hall–Kier alpha value is -1.29. The molecular formula is C10H9NO2S. The second kappa shape index (κ2) is 3.46. The average Bonchev–Trinajstić information content (AvgIpc) is 2.55. The molecule has 0 N–H and O–H groups in total. The van der Waals surface area contributed by atoms with E-state index < -0.39 is 0 Å². The Labute approximate surface area is 86.5 Å². The molecule has 1 heterocycles. The number of oxazole rings is 1. The Kier molecular flexibility index (Phi) is 2.29. The molecule has 0 aliphatic rings. The maximum Gasteiger partial charge on any atom is 0.192 e. The van der Waals surface area contributed by atoms with E-state index in [9.17, 15) is 4.79 Å². The van der Waals surface area contributed by atoms with Gasteiger partial charge in [0.15, 0.2) is 17.3 Å². The first kappa shape index (κ1) is 9.27. The number of fused-ring (bicyclic) bond motifs is 1. The van der Waals surface area contributed by atoms with Gasteiger partial charge in [0, 0.05) is 12.5 Å². The highest BCUT2D eigenvalue weighted by molar-refractivity contribution is 7.81. The molecule has 0 saturated carbocycles. The van der Waals surface area contributed by atoms with Gasteiger partial charge in [0.05, 0.1) is 5.75 Å². The molecule has 0 atom stereocenters. The van der Waals surface area contributed by atoms with Gasteiger partial charge in [-0.25, -0.2) is 4.98 Å². The molecule has 4 heteroatoms. The highest BCUT2D eigenvalue weighted by atomic mass is 32.1. The van der Waals surface area contributed by atoms with Crippen LogP contribution in [-0.4, -0.2) is 16.5 Å². The number of carbonyl (C=O) groups is 1. The fourth-order valence-electron chi connectivity index (χ4n) is 1.30. The third-order valence-corrected chi connectivity index (χ3v) is 2.25. The van der Waals surface area contributed by atoms with E-state index in [2.05, 4.69) is 17.6 Å². The lowest BCUT2D eigenvalue weighted by atomic mass is 10.1. The molecule has 14 heavy (non-hydrogen) atoms. The molecule has 2 aromatic rings. The zero-order chi connectivity index (χ0) is 10.1. The number of aryl methyl sites for hydroxylation is 1. The van der Waals surface area contributed by atoms with Gasteiger partial charge in [-0.05, 0) is 18.2 Å². The summed E-state index contributed by atoms with van der Waals surface area (Å²) in [5, 5.41) is 0. The van der Waals surface area contributed by atoms with E-state index >= 15 is 0 Å². The van der Waals surface area contributed by atoms with Gasteiger partial charge in [-0.1, -0.05) is 0 Å². The lowest BCUT2D eigenvalue weighted by Crippen LogP contribution is -1.99. The van der Waals surface area contributed by atoms with E-state index in [0.29, 0.717) is 17.0 Å². The van der Waals surface area contributed by atoms with Crippen LogP contribution in [0.15, 0.2) is 22.6 Å². The molecule has 1 aromatic carbocycles. The van der Waals surface area contributed by atoms with Gasteiger partial charge in [0.25, 0.3) is 0 Å². The van der Waals surface area contributed by atoms with Crippen molar-refractivity contribution in [3.05, 3.63) is 29.7 Å². The highest BCUT2D eigenvalue weighted by Crippen LogP contribution is 2.17. The van der Waals surface area contributed by atoms with Gasteiger partial charge >= 0.3 is 0 Å². The van der Waals surface area contributed by atoms with Crippen LogP contribution in [0.25, 0.3) is 11.1 Å². The number of benzene rings is 1. The largest absolute Gasteiger partial charge is 0.441 e. The Balaban J connectivity index is 2.55. The topological polar surface area (TPSA) is 43.1 Å². The highest BCUT2D eigenvalue weighted by Gasteiger charge is 2.07. The van der Waals surface area contributed by atoms with E-state index in [1.165, 1.54) is 0 Å². The van der Waals surface area contributed by atoms with Gasteiger partial charge in [-0.15, -0.1) is 0 Å². The van der Waals surface area contributed by atoms with Gasteiger partial charge < -0.3 is 4.42 Å². The first-order chi connectivity index (χ1) is 6.70. The minimum absolute atomic E-state index is 0.00992. The minimum atomic E-state index is -0.00992. The van der Waals surface area contributed by atoms with Crippen LogP contribution in [0.3, 0.4) is 0 Å². The van der Waals surface area contributed by atoms with E-state index in [1.54, 1.807) is 25.1 Å². The molecule has 0 radical (unpaired) electrons. The van der Waals surface area contributed by atoms with Gasteiger partial charge in [0.1, 0.15) is 5.52 Å². The van der Waals surface area contributed by atoms with Crippen molar-refractivity contribution >= 4 is 29.5 Å². The Bertz CT molecular complexity index is 490. The number of aromatic nitrogens is 1. The fourth-order valence-corrected chi connectivity index (χ4v) is 1.49. The summed E-state index contributed by atoms with van der Waals surface area (Å²) in [4.78, 5) is 15.5. The van der Waals surface area contributed by atoms with Crippen LogP contribution >= 0.6 is 12.6 Å². The fraction of sp³-hybridized carbons (Fsp3) is 0.200. The van der Waals surface area contributed by atoms with Crippen molar-refractivity contribution in [3.63, 3.8) is 0 Å². The van der Waals surface area contributed by atoms with Crippen molar-refractivity contribution in [2.75, 3.05) is 5.75 Å². The Morgan fingerprint density at radius 3 is 3.07 bits per heavy atom. The van der Waals surface area contributed by atoms with Crippen molar-refractivity contribution in [2.45, 2.75) is 6.92 Å². The monoisotopic (exact) mass is 207 g/mol. The van der Waals surface area contributed by atoms with Crippen LogP contribution in [0.1, 0.15) is 16.2 Å². The first-order valence-corrected chi connectivity index (χ1v) is 4.85. The summed E-state index contributed by atoms with van der Waals surface area (Å²) in [5.74, 6) is 0.804. The normalized spacial score (nSPS) is 10.7. The standard InChI is InChI=1S/C10H9NO2S/c1-6-11-8-3-2-7(9(12)5-14)4-10(8)13-6/h2-4,14H,5H2,1H3. The first-order valence-electron chi connectivity index (χ1n) is 4.22. The van der Waals surface area contributed by atoms with Crippen molar-refractivity contribution in [3.8, 4) is 0 Å². The van der Waals surface area contributed by atoms with E-state index in [1.807, 2.05) is 0 Å². The molecule has 0 fully saturated rings. The van der Waals surface area contributed by atoms with Crippen LogP contribution in [0.4, 0.5) is 0 Å². The SMILES string of the molecule is Cc1nc2ccc(C(=O)CS)cc2o1. The van der Waals surface area contributed by atoms with Gasteiger partial charge in [-0.2, -0.15) is 12.6 Å². The summed E-state index contributed by atoms with van der Waals surface area (Å²) < 4.78 is 5.31. The van der Waals surface area contributed by atoms with E-state index in [-0.39, 0.29) is 11.5 Å². The number of hydrogen-bond donors (Lipinski definition) is 1. The number of rotatable bonds is 2. The van der Waals surface area contributed by atoms with Crippen molar-refractivity contribution in [2.24, 2.45) is 0 Å². The van der Waals surface area contributed by atoms with Crippen molar-refractivity contribution < 1.29 is 9.21 Å². The summed E-state index contributed by atoms with van der Waals surface area (Å²) >= 11 is 3.93. The average molecular weight is 207 g/mol. The molecule has 1 aromatic heterocycles. The molecule has 0 spiro atoms. The summed E-state index contributed by atoms with van der Waals surface area (Å²) in [6.45, 7) is 1.78. The zero-order valence-electron chi connectivity index (χ0n) is 7.65. The molecule has 0 amide bonds. The zero-order valence-corrected chi connectivity index (χ0v) is 8.54. The number of ketones is 1. The van der Waals surface area contributed by atoms with Crippen LogP contribution in [0.5, 0.6) is 0 Å². The maximum absolute atomic E-state index is 11.3. The number of Topliss-reactive ketones (excluding diaryl/α,β-unsaturated/α-hetero) is 1. The van der Waals surface area contributed by atoms with Gasteiger partial charge in [0.2, 0.25) is 0 Å². The number of carbonyl (C=O) groups excluding carboxylic acids is 1. The Morgan fingerprint density at radius 1 is 1.57 bits per heavy atom. The van der Waals surface area contributed by atoms with Crippen LogP contribution in [0.2, 0.25) is 0 Å². The smallest absolute Gasteiger partial charge is 0.192 e. The van der Waals surface area contributed by atoms with Crippen molar-refractivity contribution in [1.82, 2.24) is 4.98 Å². The molecule has 0 unspecified atom stereocenters. The quantitative estimate of drug-likeness (QED) is 0.606. The number of hydrogen-bond acceptors (Lipinski definition) is 4.